The van der Waals surface area contributed by atoms with Crippen molar-refractivity contribution in [3.8, 4) is 16.9 Å². The van der Waals surface area contributed by atoms with E-state index in [1.807, 2.05) is 43.0 Å². The first-order valence-electron chi connectivity index (χ1n) is 11.4. The number of hydrogen-bond acceptors (Lipinski definition) is 3. The van der Waals surface area contributed by atoms with Crippen LogP contribution in [0.15, 0.2) is 54.6 Å². The number of aromatic hydroxyl groups is 1. The first kappa shape index (κ1) is 22.6. The number of carbonyl (C=O) groups excluding carboxylic acids is 2. The maximum Gasteiger partial charge on any atom is 0.254 e. The molecule has 0 saturated heterocycles. The second-order valence-corrected chi connectivity index (χ2v) is 8.75. The smallest absolute Gasteiger partial charge is 0.254 e. The number of benzene rings is 3. The fourth-order valence-corrected chi connectivity index (χ4v) is 4.41. The number of nitrogens with one attached hydrogen (secondary N) is 1. The third-order valence-corrected chi connectivity index (χ3v) is 6.55. The number of amides is 2. The van der Waals surface area contributed by atoms with Crippen LogP contribution in [-0.4, -0.2) is 35.4 Å². The average molecular weight is 443 g/mol. The number of para-hydroxylation sites is 1. The van der Waals surface area contributed by atoms with E-state index in [-0.39, 0.29) is 17.6 Å². The number of carbonyl (C=O) groups is 2. The summed E-state index contributed by atoms with van der Waals surface area (Å²) in [4.78, 5) is 27.1. The van der Waals surface area contributed by atoms with Crippen LogP contribution in [0.4, 0.5) is 0 Å². The van der Waals surface area contributed by atoms with Crippen molar-refractivity contribution in [2.75, 3.05) is 13.6 Å². The first-order chi connectivity index (χ1) is 15.9. The molecule has 0 spiro atoms. The van der Waals surface area contributed by atoms with Gasteiger partial charge in [-0.3, -0.25) is 9.59 Å². The number of nitrogens with zero attached hydrogens (tertiary/aromatic N) is 1. The predicted molar refractivity (Wildman–Crippen MR) is 130 cm³/mol. The van der Waals surface area contributed by atoms with Crippen molar-refractivity contribution >= 4 is 11.8 Å². The third kappa shape index (κ3) is 4.77. The molecule has 0 aliphatic carbocycles. The molecule has 1 heterocycles. The van der Waals surface area contributed by atoms with Gasteiger partial charge in [-0.1, -0.05) is 42.5 Å². The third-order valence-electron chi connectivity index (χ3n) is 6.55. The van der Waals surface area contributed by atoms with Crippen molar-refractivity contribution in [3.63, 3.8) is 0 Å². The zero-order chi connectivity index (χ0) is 23.5. The van der Waals surface area contributed by atoms with Gasteiger partial charge in [-0.15, -0.1) is 0 Å². The summed E-state index contributed by atoms with van der Waals surface area (Å²) in [7, 11) is 1.65. The number of phenolic OH excluding ortho intramolecular Hbond substituents is 1. The second-order valence-electron chi connectivity index (χ2n) is 8.75. The van der Waals surface area contributed by atoms with Crippen molar-refractivity contribution in [1.82, 2.24) is 10.2 Å². The average Bonchev–Trinajstić information content (AvgIpc) is 2.83. The molecule has 3 aromatic carbocycles. The Bertz CT molecular complexity index is 1220. The second kappa shape index (κ2) is 9.49. The summed E-state index contributed by atoms with van der Waals surface area (Å²) in [5.74, 6) is 0.187. The molecule has 170 valence electrons. The van der Waals surface area contributed by atoms with Crippen LogP contribution >= 0.6 is 0 Å². The highest BCUT2D eigenvalue weighted by Gasteiger charge is 2.25. The molecule has 3 aromatic rings. The molecule has 5 nitrogen and oxygen atoms in total. The molecule has 0 saturated carbocycles. The van der Waals surface area contributed by atoms with Crippen LogP contribution in [0.25, 0.3) is 11.1 Å². The minimum absolute atomic E-state index is 0.0225. The lowest BCUT2D eigenvalue weighted by molar-refractivity contribution is -0.120. The van der Waals surface area contributed by atoms with Crippen molar-refractivity contribution in [1.29, 1.82) is 0 Å². The lowest BCUT2D eigenvalue weighted by atomic mass is 9.92. The number of aryl methyl sites for hydroxylation is 3. The molecule has 0 aromatic heterocycles. The number of rotatable bonds is 5. The quantitative estimate of drug-likeness (QED) is 0.609. The summed E-state index contributed by atoms with van der Waals surface area (Å²) >= 11 is 0. The lowest BCUT2D eigenvalue weighted by Gasteiger charge is -2.30. The van der Waals surface area contributed by atoms with E-state index in [0.717, 1.165) is 34.2 Å². The Morgan fingerprint density at radius 2 is 1.73 bits per heavy atom. The summed E-state index contributed by atoms with van der Waals surface area (Å²) in [5.41, 5.74) is 7.71. The molecule has 0 fully saturated rings. The summed E-state index contributed by atoms with van der Waals surface area (Å²) in [5, 5.41) is 13.1. The molecule has 0 atom stereocenters. The Hall–Kier alpha value is -3.60. The standard InChI is InChI=1S/C28H30N2O3/c1-18-14-24(23-6-4-5-7-26(23)31)25(15-19(18)2)28(33)30-13-12-21-16-20(8-10-22(21)17-30)9-11-27(32)29-3/h4-8,10,14-16,31H,9,11-13,17H2,1-3H3,(H,29,32). The van der Waals surface area contributed by atoms with Gasteiger partial charge in [0.25, 0.3) is 5.91 Å². The van der Waals surface area contributed by atoms with Crippen LogP contribution in [0, 0.1) is 13.8 Å². The Kier molecular flexibility index (Phi) is 6.50. The fourth-order valence-electron chi connectivity index (χ4n) is 4.41. The van der Waals surface area contributed by atoms with Crippen molar-refractivity contribution < 1.29 is 14.7 Å². The Morgan fingerprint density at radius 3 is 2.48 bits per heavy atom. The van der Waals surface area contributed by atoms with Crippen LogP contribution in [0.2, 0.25) is 0 Å². The summed E-state index contributed by atoms with van der Waals surface area (Å²) in [6.45, 7) is 5.22. The SMILES string of the molecule is CNC(=O)CCc1ccc2c(c1)CCN(C(=O)c1cc(C)c(C)cc1-c1ccccc1O)C2. The van der Waals surface area contributed by atoms with E-state index in [9.17, 15) is 14.7 Å². The van der Waals surface area contributed by atoms with E-state index in [4.69, 9.17) is 0 Å². The maximum atomic E-state index is 13.7. The zero-order valence-corrected chi connectivity index (χ0v) is 19.4. The number of fused-ring (bicyclic) bond motifs is 1. The molecule has 33 heavy (non-hydrogen) atoms. The van der Waals surface area contributed by atoms with Gasteiger partial charge in [0.1, 0.15) is 5.75 Å². The molecule has 2 amide bonds. The monoisotopic (exact) mass is 442 g/mol. The van der Waals surface area contributed by atoms with Crippen molar-refractivity contribution in [2.24, 2.45) is 0 Å². The summed E-state index contributed by atoms with van der Waals surface area (Å²) < 4.78 is 0. The van der Waals surface area contributed by atoms with E-state index < -0.39 is 0 Å². The Morgan fingerprint density at radius 1 is 0.970 bits per heavy atom. The maximum absolute atomic E-state index is 13.7. The molecule has 4 rings (SSSR count). The lowest BCUT2D eigenvalue weighted by Crippen LogP contribution is -2.36. The minimum Gasteiger partial charge on any atom is -0.507 e. The van der Waals surface area contributed by atoms with Crippen LogP contribution in [-0.2, 0) is 24.2 Å². The van der Waals surface area contributed by atoms with Gasteiger partial charge >= 0.3 is 0 Å². The molecule has 2 N–H and O–H groups in total. The van der Waals surface area contributed by atoms with Crippen molar-refractivity contribution in [3.05, 3.63) is 88.0 Å². The van der Waals surface area contributed by atoms with Crippen LogP contribution in [0.3, 0.4) is 0 Å². The minimum atomic E-state index is -0.0225. The van der Waals surface area contributed by atoms with Gasteiger partial charge in [-0.05, 0) is 72.2 Å². The van der Waals surface area contributed by atoms with Gasteiger partial charge in [0, 0.05) is 37.7 Å². The normalized spacial score (nSPS) is 12.9. The van der Waals surface area contributed by atoms with Gasteiger partial charge in [0.15, 0.2) is 0 Å². The van der Waals surface area contributed by atoms with Gasteiger partial charge in [-0.2, -0.15) is 0 Å². The molecule has 0 radical (unpaired) electrons. The fraction of sp³-hybridized carbons (Fsp3) is 0.286. The first-order valence-corrected chi connectivity index (χ1v) is 11.4. The topological polar surface area (TPSA) is 69.6 Å². The Balaban J connectivity index is 1.60. The van der Waals surface area contributed by atoms with E-state index >= 15 is 0 Å². The number of phenols is 1. The van der Waals surface area contributed by atoms with Crippen molar-refractivity contribution in [2.45, 2.75) is 39.7 Å². The molecular weight excluding hydrogens is 412 g/mol. The van der Waals surface area contributed by atoms with Crippen LogP contribution in [0.5, 0.6) is 5.75 Å². The predicted octanol–water partition coefficient (Wildman–Crippen LogP) is 4.55. The highest BCUT2D eigenvalue weighted by molar-refractivity contribution is 6.02. The zero-order valence-electron chi connectivity index (χ0n) is 19.4. The highest BCUT2D eigenvalue weighted by Crippen LogP contribution is 2.34. The highest BCUT2D eigenvalue weighted by atomic mass is 16.3. The molecule has 5 heteroatoms. The molecule has 0 unspecified atom stereocenters. The van der Waals surface area contributed by atoms with Gasteiger partial charge in [0.05, 0.1) is 0 Å². The van der Waals surface area contributed by atoms with E-state index in [1.165, 1.54) is 5.56 Å². The van der Waals surface area contributed by atoms with Gasteiger partial charge in [-0.25, -0.2) is 0 Å². The Labute approximate surface area is 195 Å². The van der Waals surface area contributed by atoms with Gasteiger partial charge in [0.2, 0.25) is 5.91 Å². The molecule has 1 aliphatic rings. The van der Waals surface area contributed by atoms with Crippen LogP contribution < -0.4 is 5.32 Å². The largest absolute Gasteiger partial charge is 0.507 e. The van der Waals surface area contributed by atoms with E-state index in [2.05, 4.69) is 23.5 Å². The van der Waals surface area contributed by atoms with E-state index in [1.54, 1.807) is 19.2 Å². The van der Waals surface area contributed by atoms with Gasteiger partial charge < -0.3 is 15.3 Å². The molecular formula is C28H30N2O3. The molecule has 1 aliphatic heterocycles. The summed E-state index contributed by atoms with van der Waals surface area (Å²) in [6, 6.07) is 17.4. The van der Waals surface area contributed by atoms with Crippen LogP contribution in [0.1, 0.15) is 44.6 Å². The summed E-state index contributed by atoms with van der Waals surface area (Å²) in [6.07, 6.45) is 1.97. The molecule has 0 bridgehead atoms. The van der Waals surface area contributed by atoms with E-state index in [0.29, 0.717) is 37.1 Å². The number of hydrogen-bond donors (Lipinski definition) is 2.